The normalized spacial score (nSPS) is 11.4. The summed E-state index contributed by atoms with van der Waals surface area (Å²) >= 11 is 0. The van der Waals surface area contributed by atoms with Gasteiger partial charge >= 0.3 is 0 Å². The zero-order valence-electron chi connectivity index (χ0n) is 16.8. The van der Waals surface area contributed by atoms with Gasteiger partial charge in [0.15, 0.2) is 0 Å². The Morgan fingerprint density at radius 1 is 1.11 bits per heavy atom. The summed E-state index contributed by atoms with van der Waals surface area (Å²) in [4.78, 5) is 16.5. The number of unbranched alkanes of at least 4 members (excludes halogenated alkanes) is 3. The fourth-order valence-electron chi connectivity index (χ4n) is 3.32. The molecule has 1 aromatic carbocycles. The van der Waals surface area contributed by atoms with Crippen molar-refractivity contribution >= 4 is 5.91 Å². The van der Waals surface area contributed by atoms with E-state index in [0.29, 0.717) is 12.1 Å². The molecule has 1 heterocycles. The van der Waals surface area contributed by atoms with Crippen molar-refractivity contribution in [2.75, 3.05) is 6.54 Å². The molecular weight excluding hydrogens is 336 g/mol. The minimum absolute atomic E-state index is 0.105. The highest BCUT2D eigenvalue weighted by molar-refractivity contribution is 5.94. The number of aromatic nitrogens is 1. The highest BCUT2D eigenvalue weighted by Gasteiger charge is 2.24. The van der Waals surface area contributed by atoms with Gasteiger partial charge in [0.05, 0.1) is 0 Å². The van der Waals surface area contributed by atoms with Gasteiger partial charge in [-0.15, -0.1) is 0 Å². The van der Waals surface area contributed by atoms with Crippen LogP contribution >= 0.6 is 0 Å². The quantitative estimate of drug-likeness (QED) is 0.580. The Labute approximate surface area is 163 Å². The fraction of sp³-hybridized carbons (Fsp3) is 0.478. The second-order valence-electron chi connectivity index (χ2n) is 7.79. The van der Waals surface area contributed by atoms with Crippen LogP contribution in [0.4, 0.5) is 0 Å². The number of phenolic OH excluding ortho intramolecular Hbond substituents is 1. The number of carbonyl (C=O) groups excluding carboxylic acids is 1. The number of nitrogens with zero attached hydrogens (tertiary/aromatic N) is 1. The molecule has 0 atom stereocenters. The molecule has 0 aliphatic carbocycles. The van der Waals surface area contributed by atoms with E-state index in [4.69, 9.17) is 0 Å². The first-order valence-electron chi connectivity index (χ1n) is 9.94. The third kappa shape index (κ3) is 6.38. The zero-order chi connectivity index (χ0) is 19.7. The van der Waals surface area contributed by atoms with Gasteiger partial charge in [0.2, 0.25) is 0 Å². The minimum atomic E-state index is -0.162. The summed E-state index contributed by atoms with van der Waals surface area (Å²) in [6.07, 6.45) is 10.1. The summed E-state index contributed by atoms with van der Waals surface area (Å²) in [5, 5.41) is 13.3. The Morgan fingerprint density at radius 2 is 1.85 bits per heavy atom. The zero-order valence-corrected chi connectivity index (χ0v) is 16.8. The number of hydrogen-bond acceptors (Lipinski definition) is 3. The van der Waals surface area contributed by atoms with Crippen LogP contribution in [0.5, 0.6) is 5.75 Å². The maximum atomic E-state index is 12.5. The predicted octanol–water partition coefficient (Wildman–Crippen LogP) is 5.01. The standard InChI is InChI=1S/C23H32N2O2/c1-4-5-6-7-13-23(2,3)20-17-19(8-9-21(20)26)22(27)25-16-12-18-10-14-24-15-11-18/h8-11,14-15,17,26H,4-7,12-13,16H2,1-3H3,(H,25,27). The topological polar surface area (TPSA) is 62.2 Å². The van der Waals surface area contributed by atoms with Crippen LogP contribution in [-0.2, 0) is 11.8 Å². The highest BCUT2D eigenvalue weighted by Crippen LogP contribution is 2.35. The van der Waals surface area contributed by atoms with Gasteiger partial charge in [0.25, 0.3) is 5.91 Å². The molecule has 0 unspecified atom stereocenters. The Kier molecular flexibility index (Phi) is 7.83. The van der Waals surface area contributed by atoms with Gasteiger partial charge in [-0.1, -0.05) is 46.5 Å². The Morgan fingerprint density at radius 3 is 2.56 bits per heavy atom. The number of aromatic hydroxyl groups is 1. The van der Waals surface area contributed by atoms with Crippen LogP contribution in [0.25, 0.3) is 0 Å². The molecule has 0 aliphatic rings. The van der Waals surface area contributed by atoms with Crippen molar-refractivity contribution in [3.63, 3.8) is 0 Å². The number of phenols is 1. The number of pyridine rings is 1. The Bertz CT molecular complexity index is 726. The van der Waals surface area contributed by atoms with Crippen LogP contribution in [0, 0.1) is 0 Å². The lowest BCUT2D eigenvalue weighted by Crippen LogP contribution is -2.26. The van der Waals surface area contributed by atoms with Crippen LogP contribution in [0.3, 0.4) is 0 Å². The van der Waals surface area contributed by atoms with Gasteiger partial charge in [-0.25, -0.2) is 0 Å². The molecule has 1 amide bonds. The van der Waals surface area contributed by atoms with Crippen LogP contribution < -0.4 is 5.32 Å². The third-order valence-corrected chi connectivity index (χ3v) is 5.09. The summed E-state index contributed by atoms with van der Waals surface area (Å²) in [5.41, 5.74) is 2.43. The average Bonchev–Trinajstić information content (AvgIpc) is 2.66. The molecule has 2 rings (SSSR count). The number of nitrogens with one attached hydrogen (secondary N) is 1. The van der Waals surface area contributed by atoms with E-state index in [1.54, 1.807) is 24.5 Å². The summed E-state index contributed by atoms with van der Waals surface area (Å²) in [6, 6.07) is 9.07. The van der Waals surface area contributed by atoms with E-state index in [1.165, 1.54) is 19.3 Å². The molecule has 0 bridgehead atoms. The van der Waals surface area contributed by atoms with Crippen molar-refractivity contribution < 1.29 is 9.90 Å². The molecule has 0 aliphatic heterocycles. The number of hydrogen-bond donors (Lipinski definition) is 2. The van der Waals surface area contributed by atoms with Gasteiger partial charge in [-0.3, -0.25) is 9.78 Å². The lowest BCUT2D eigenvalue weighted by molar-refractivity contribution is 0.0954. The van der Waals surface area contributed by atoms with Gasteiger partial charge in [-0.2, -0.15) is 0 Å². The molecular formula is C23H32N2O2. The summed E-state index contributed by atoms with van der Waals surface area (Å²) in [5.74, 6) is 0.163. The molecule has 0 saturated heterocycles. The maximum absolute atomic E-state index is 12.5. The van der Waals surface area contributed by atoms with Crippen molar-refractivity contribution in [1.29, 1.82) is 0 Å². The van der Waals surface area contributed by atoms with Crippen molar-refractivity contribution in [3.05, 3.63) is 59.4 Å². The van der Waals surface area contributed by atoms with Crippen LogP contribution in [0.2, 0.25) is 0 Å². The minimum Gasteiger partial charge on any atom is -0.508 e. The lowest BCUT2D eigenvalue weighted by atomic mass is 9.79. The second kappa shape index (κ2) is 10.1. The maximum Gasteiger partial charge on any atom is 0.251 e. The molecule has 0 saturated carbocycles. The van der Waals surface area contributed by atoms with Crippen molar-refractivity contribution in [2.24, 2.45) is 0 Å². The van der Waals surface area contributed by atoms with Crippen molar-refractivity contribution in [2.45, 2.75) is 64.7 Å². The van der Waals surface area contributed by atoms with E-state index in [9.17, 15) is 9.90 Å². The van der Waals surface area contributed by atoms with Crippen molar-refractivity contribution in [3.8, 4) is 5.75 Å². The molecule has 4 heteroatoms. The Hall–Kier alpha value is -2.36. The van der Waals surface area contributed by atoms with E-state index in [0.717, 1.165) is 30.4 Å². The highest BCUT2D eigenvalue weighted by atomic mass is 16.3. The molecule has 2 N–H and O–H groups in total. The van der Waals surface area contributed by atoms with E-state index >= 15 is 0 Å². The number of benzene rings is 1. The molecule has 0 spiro atoms. The first-order chi connectivity index (χ1) is 12.9. The van der Waals surface area contributed by atoms with Gasteiger partial charge in [-0.05, 0) is 54.2 Å². The molecule has 0 radical (unpaired) electrons. The van der Waals surface area contributed by atoms with Gasteiger partial charge in [0, 0.05) is 30.1 Å². The first-order valence-corrected chi connectivity index (χ1v) is 9.94. The summed E-state index contributed by atoms with van der Waals surface area (Å²) in [6.45, 7) is 7.05. The smallest absolute Gasteiger partial charge is 0.251 e. The number of amides is 1. The largest absolute Gasteiger partial charge is 0.508 e. The summed E-state index contributed by atoms with van der Waals surface area (Å²) in [7, 11) is 0. The molecule has 4 nitrogen and oxygen atoms in total. The van der Waals surface area contributed by atoms with Crippen LogP contribution in [0.1, 0.15) is 74.4 Å². The van der Waals surface area contributed by atoms with Crippen molar-refractivity contribution in [1.82, 2.24) is 10.3 Å². The third-order valence-electron chi connectivity index (χ3n) is 5.09. The van der Waals surface area contributed by atoms with Crippen LogP contribution in [-0.4, -0.2) is 22.5 Å². The van der Waals surface area contributed by atoms with E-state index < -0.39 is 0 Å². The first kappa shape index (κ1) is 20.9. The molecule has 146 valence electrons. The van der Waals surface area contributed by atoms with Crippen LogP contribution in [0.15, 0.2) is 42.7 Å². The van der Waals surface area contributed by atoms with E-state index in [2.05, 4.69) is 31.1 Å². The fourth-order valence-corrected chi connectivity index (χ4v) is 3.32. The Balaban J connectivity index is 1.99. The van der Waals surface area contributed by atoms with Gasteiger partial charge < -0.3 is 10.4 Å². The second-order valence-corrected chi connectivity index (χ2v) is 7.79. The summed E-state index contributed by atoms with van der Waals surface area (Å²) < 4.78 is 0. The van der Waals surface area contributed by atoms with E-state index in [1.807, 2.05) is 18.2 Å². The van der Waals surface area contributed by atoms with Gasteiger partial charge in [0.1, 0.15) is 5.75 Å². The average molecular weight is 369 g/mol. The SMILES string of the molecule is CCCCCCC(C)(C)c1cc(C(=O)NCCc2ccncc2)ccc1O. The molecule has 27 heavy (non-hydrogen) atoms. The number of carbonyl (C=O) groups is 1. The monoisotopic (exact) mass is 368 g/mol. The molecule has 2 aromatic rings. The lowest BCUT2D eigenvalue weighted by Gasteiger charge is -2.26. The number of rotatable bonds is 10. The molecule has 0 fully saturated rings. The van der Waals surface area contributed by atoms with E-state index in [-0.39, 0.29) is 17.1 Å². The predicted molar refractivity (Wildman–Crippen MR) is 110 cm³/mol. The molecule has 1 aromatic heterocycles.